The summed E-state index contributed by atoms with van der Waals surface area (Å²) in [6.45, 7) is 0.697. The number of amides is 1. The Labute approximate surface area is 204 Å². The van der Waals surface area contributed by atoms with Gasteiger partial charge in [-0.3, -0.25) is 4.79 Å². The number of fused-ring (bicyclic) bond motifs is 1. The van der Waals surface area contributed by atoms with Crippen molar-refractivity contribution >= 4 is 46.2 Å². The Morgan fingerprint density at radius 3 is 2.48 bits per heavy atom. The zero-order chi connectivity index (χ0) is 23.2. The van der Waals surface area contributed by atoms with Crippen molar-refractivity contribution in [2.45, 2.75) is 19.0 Å². The SMILES string of the molecule is CN1C(=O)C(NC(=S)NCCCc2ccccc2)N=C(c2ccccc2)c2cc(Cl)ccc21. The van der Waals surface area contributed by atoms with E-state index in [4.69, 9.17) is 28.8 Å². The Balaban J connectivity index is 1.52. The highest BCUT2D eigenvalue weighted by Gasteiger charge is 2.30. The van der Waals surface area contributed by atoms with E-state index in [9.17, 15) is 4.79 Å². The Kier molecular flexibility index (Phi) is 7.37. The van der Waals surface area contributed by atoms with Crippen LogP contribution in [-0.4, -0.2) is 36.5 Å². The molecular formula is C26H25ClN4OS. The van der Waals surface area contributed by atoms with Crippen LogP contribution in [0.25, 0.3) is 0 Å². The number of hydrogen-bond donors (Lipinski definition) is 2. The van der Waals surface area contributed by atoms with Crippen LogP contribution in [0.5, 0.6) is 0 Å². The van der Waals surface area contributed by atoms with Gasteiger partial charge in [-0.1, -0.05) is 72.3 Å². The maximum absolute atomic E-state index is 13.3. The van der Waals surface area contributed by atoms with Crippen LogP contribution in [0, 0.1) is 0 Å². The van der Waals surface area contributed by atoms with Gasteiger partial charge >= 0.3 is 0 Å². The fraction of sp³-hybridized carbons (Fsp3) is 0.192. The first-order valence-corrected chi connectivity index (χ1v) is 11.6. The fourth-order valence-corrected chi connectivity index (χ4v) is 4.17. The van der Waals surface area contributed by atoms with Gasteiger partial charge in [0.15, 0.2) is 5.11 Å². The number of carbonyl (C=O) groups is 1. The van der Waals surface area contributed by atoms with Gasteiger partial charge in [0.2, 0.25) is 6.17 Å². The van der Waals surface area contributed by atoms with Gasteiger partial charge in [0.1, 0.15) is 0 Å². The normalized spacial score (nSPS) is 15.3. The molecule has 1 aliphatic rings. The first-order chi connectivity index (χ1) is 16.0. The molecule has 2 N–H and O–H groups in total. The van der Waals surface area contributed by atoms with Crippen molar-refractivity contribution in [1.82, 2.24) is 10.6 Å². The van der Waals surface area contributed by atoms with Gasteiger partial charge in [-0.05, 0) is 48.8 Å². The average molecular weight is 477 g/mol. The van der Waals surface area contributed by atoms with Crippen LogP contribution in [-0.2, 0) is 11.2 Å². The lowest BCUT2D eigenvalue weighted by atomic mass is 10.0. The highest BCUT2D eigenvalue weighted by atomic mass is 35.5. The second-order valence-corrected chi connectivity index (χ2v) is 8.64. The molecule has 0 saturated carbocycles. The maximum atomic E-state index is 13.3. The second-order valence-electron chi connectivity index (χ2n) is 7.79. The predicted molar refractivity (Wildman–Crippen MR) is 139 cm³/mol. The molecule has 7 heteroatoms. The van der Waals surface area contributed by atoms with Crippen LogP contribution >= 0.6 is 23.8 Å². The summed E-state index contributed by atoms with van der Waals surface area (Å²) >= 11 is 11.8. The molecule has 0 radical (unpaired) electrons. The first-order valence-electron chi connectivity index (χ1n) is 10.8. The van der Waals surface area contributed by atoms with E-state index in [1.807, 2.05) is 60.7 Å². The van der Waals surface area contributed by atoms with Crippen molar-refractivity contribution in [2.75, 3.05) is 18.5 Å². The Bertz CT molecular complexity index is 1170. The van der Waals surface area contributed by atoms with Gasteiger partial charge in [0, 0.05) is 29.7 Å². The summed E-state index contributed by atoms with van der Waals surface area (Å²) in [5, 5.41) is 7.28. The third-order valence-electron chi connectivity index (χ3n) is 5.48. The number of benzodiazepines with no additional fused rings is 1. The molecule has 0 fully saturated rings. The van der Waals surface area contributed by atoms with E-state index in [1.54, 1.807) is 18.0 Å². The molecule has 1 unspecified atom stereocenters. The molecule has 3 aromatic carbocycles. The third-order valence-corrected chi connectivity index (χ3v) is 5.98. The summed E-state index contributed by atoms with van der Waals surface area (Å²) in [5.41, 5.74) is 4.42. The number of likely N-dealkylation sites (N-methyl/N-ethyl adjacent to an activating group) is 1. The van der Waals surface area contributed by atoms with Crippen LogP contribution in [0.3, 0.4) is 0 Å². The van der Waals surface area contributed by atoms with Crippen molar-refractivity contribution in [3.8, 4) is 0 Å². The van der Waals surface area contributed by atoms with E-state index in [-0.39, 0.29) is 5.91 Å². The molecule has 1 atom stereocenters. The van der Waals surface area contributed by atoms with Crippen LogP contribution in [0.1, 0.15) is 23.1 Å². The Morgan fingerprint density at radius 1 is 1.06 bits per heavy atom. The summed E-state index contributed by atoms with van der Waals surface area (Å²) in [6, 6.07) is 25.5. The van der Waals surface area contributed by atoms with Gasteiger partial charge in [-0.25, -0.2) is 4.99 Å². The zero-order valence-corrected chi connectivity index (χ0v) is 19.9. The minimum Gasteiger partial charge on any atom is -0.363 e. The monoisotopic (exact) mass is 476 g/mol. The molecule has 5 nitrogen and oxygen atoms in total. The molecule has 0 aromatic heterocycles. The number of hydrogen-bond acceptors (Lipinski definition) is 3. The van der Waals surface area contributed by atoms with E-state index in [1.165, 1.54) is 5.56 Å². The number of thiocarbonyl (C=S) groups is 1. The Hall–Kier alpha value is -3.22. The van der Waals surface area contributed by atoms with Crippen LogP contribution in [0.4, 0.5) is 5.69 Å². The van der Waals surface area contributed by atoms with E-state index in [0.717, 1.165) is 29.7 Å². The number of nitrogens with zero attached hydrogens (tertiary/aromatic N) is 2. The minimum absolute atomic E-state index is 0.196. The molecule has 0 saturated heterocycles. The van der Waals surface area contributed by atoms with Crippen molar-refractivity contribution in [3.05, 3.63) is 101 Å². The number of anilines is 1. The van der Waals surface area contributed by atoms with Gasteiger partial charge in [0.25, 0.3) is 5.91 Å². The minimum atomic E-state index is -0.856. The fourth-order valence-electron chi connectivity index (χ4n) is 3.78. The van der Waals surface area contributed by atoms with E-state index < -0.39 is 6.17 Å². The lowest BCUT2D eigenvalue weighted by Crippen LogP contribution is -2.49. The summed E-state index contributed by atoms with van der Waals surface area (Å²) in [5.74, 6) is -0.196. The molecule has 0 spiro atoms. The lowest BCUT2D eigenvalue weighted by Gasteiger charge is -2.22. The quantitative estimate of drug-likeness (QED) is 0.404. The number of aliphatic imine (C=N–C) groups is 1. The highest BCUT2D eigenvalue weighted by Crippen LogP contribution is 2.29. The number of carbonyl (C=O) groups excluding carboxylic acids is 1. The average Bonchev–Trinajstić information content (AvgIpc) is 2.93. The van der Waals surface area contributed by atoms with Gasteiger partial charge in [-0.2, -0.15) is 0 Å². The molecule has 1 heterocycles. The van der Waals surface area contributed by atoms with Crippen molar-refractivity contribution in [1.29, 1.82) is 0 Å². The first kappa shape index (κ1) is 23.0. The number of benzene rings is 3. The molecule has 1 aliphatic heterocycles. The summed E-state index contributed by atoms with van der Waals surface area (Å²) in [7, 11) is 1.74. The van der Waals surface area contributed by atoms with Gasteiger partial charge in [-0.15, -0.1) is 0 Å². The van der Waals surface area contributed by atoms with Crippen LogP contribution in [0.15, 0.2) is 83.9 Å². The van der Waals surface area contributed by atoms with Crippen molar-refractivity contribution < 1.29 is 4.79 Å². The third kappa shape index (κ3) is 5.59. The Morgan fingerprint density at radius 2 is 1.76 bits per heavy atom. The highest BCUT2D eigenvalue weighted by molar-refractivity contribution is 7.80. The molecule has 3 aromatic rings. The summed E-state index contributed by atoms with van der Waals surface area (Å²) in [4.78, 5) is 19.7. The molecule has 1 amide bonds. The molecule has 33 heavy (non-hydrogen) atoms. The maximum Gasteiger partial charge on any atom is 0.272 e. The molecule has 4 rings (SSSR count). The van der Waals surface area contributed by atoms with Crippen molar-refractivity contribution in [2.24, 2.45) is 4.99 Å². The molecule has 168 valence electrons. The number of halogens is 1. The largest absolute Gasteiger partial charge is 0.363 e. The number of aryl methyl sites for hydroxylation is 1. The second kappa shape index (κ2) is 10.6. The molecule has 0 bridgehead atoms. The molecule has 0 aliphatic carbocycles. The summed E-state index contributed by atoms with van der Waals surface area (Å²) in [6.07, 6.45) is 1.02. The number of nitrogens with one attached hydrogen (secondary N) is 2. The van der Waals surface area contributed by atoms with Gasteiger partial charge in [0.05, 0.1) is 11.4 Å². The molecular weight excluding hydrogens is 452 g/mol. The lowest BCUT2D eigenvalue weighted by molar-refractivity contribution is -0.119. The van der Waals surface area contributed by atoms with Gasteiger partial charge < -0.3 is 15.5 Å². The topological polar surface area (TPSA) is 56.7 Å². The zero-order valence-electron chi connectivity index (χ0n) is 18.3. The number of rotatable bonds is 6. The van der Waals surface area contributed by atoms with Crippen LogP contribution < -0.4 is 15.5 Å². The van der Waals surface area contributed by atoms with E-state index in [0.29, 0.717) is 22.4 Å². The van der Waals surface area contributed by atoms with E-state index >= 15 is 0 Å². The smallest absolute Gasteiger partial charge is 0.272 e. The predicted octanol–water partition coefficient (Wildman–Crippen LogP) is 4.58. The standard InChI is InChI=1S/C26H25ClN4OS/c1-31-22-15-14-20(27)17-21(22)23(19-12-6-3-7-13-19)29-24(25(31)32)30-26(33)28-16-8-11-18-9-4-2-5-10-18/h2-7,9-10,12-15,17,24H,8,11,16H2,1H3,(H2,28,30,33). The van der Waals surface area contributed by atoms with Crippen molar-refractivity contribution in [3.63, 3.8) is 0 Å². The van der Waals surface area contributed by atoms with Crippen LogP contribution in [0.2, 0.25) is 5.02 Å². The summed E-state index contributed by atoms with van der Waals surface area (Å²) < 4.78 is 0. The van der Waals surface area contributed by atoms with E-state index in [2.05, 4.69) is 22.8 Å².